The van der Waals surface area contributed by atoms with Crippen LogP contribution in [0.5, 0.6) is 0 Å². The first-order chi connectivity index (χ1) is 12.2. The lowest BCUT2D eigenvalue weighted by atomic mass is 10.4. The SMILES string of the molecule is CCCC[O][Al]([O]CCCC)[O][Si](OCCC)(OCCC)OCCC. The first-order valence-corrected chi connectivity index (χ1v) is 13.0. The lowest BCUT2D eigenvalue weighted by Gasteiger charge is -2.30. The molecule has 0 aliphatic rings. The Bertz CT molecular complexity index is 254. The van der Waals surface area contributed by atoms with Crippen molar-refractivity contribution in [3.8, 4) is 0 Å². The standard InChI is InChI=1S/C9H21O4Si.2C4H9O.Al/c1-4-7-11-14(10,12-8-5-2)13-9-6-3;2*1-2-3-4-5;/h4-9H2,1-3H3;2*2-4H2,1H3;/q3*-1;+3. The molecule has 150 valence electrons. The first-order valence-electron chi connectivity index (χ1n) is 10.0. The van der Waals surface area contributed by atoms with Crippen molar-refractivity contribution in [3.63, 3.8) is 0 Å². The van der Waals surface area contributed by atoms with Crippen molar-refractivity contribution in [1.29, 1.82) is 0 Å². The fourth-order valence-corrected chi connectivity index (χ4v) is 6.52. The van der Waals surface area contributed by atoms with E-state index < -0.39 is 24.2 Å². The smallest absolute Gasteiger partial charge is 0.455 e. The summed E-state index contributed by atoms with van der Waals surface area (Å²) in [5, 5.41) is 0. The van der Waals surface area contributed by atoms with E-state index in [0.717, 1.165) is 44.9 Å². The van der Waals surface area contributed by atoms with Gasteiger partial charge in [0, 0.05) is 33.0 Å². The minimum atomic E-state index is -3.23. The van der Waals surface area contributed by atoms with Gasteiger partial charge in [0.25, 0.3) is 0 Å². The average Bonchev–Trinajstić information content (AvgIpc) is 2.63. The average molecular weight is 395 g/mol. The zero-order chi connectivity index (χ0) is 18.8. The second-order valence-corrected chi connectivity index (χ2v) is 9.95. The number of hydrogen-bond acceptors (Lipinski definition) is 6. The van der Waals surface area contributed by atoms with Crippen molar-refractivity contribution >= 4 is 24.2 Å². The summed E-state index contributed by atoms with van der Waals surface area (Å²) >= 11 is -2.36. The Hall–Kier alpha value is 0.509. The van der Waals surface area contributed by atoms with Gasteiger partial charge in [-0.2, -0.15) is 0 Å². The van der Waals surface area contributed by atoms with E-state index in [4.69, 9.17) is 24.3 Å². The molecule has 0 radical (unpaired) electrons. The second-order valence-electron chi connectivity index (χ2n) is 5.90. The molecule has 0 fully saturated rings. The molecule has 0 saturated carbocycles. The third-order valence-electron chi connectivity index (χ3n) is 3.19. The van der Waals surface area contributed by atoms with Gasteiger partial charge in [0.15, 0.2) is 0 Å². The Kier molecular flexibility index (Phi) is 18.3. The van der Waals surface area contributed by atoms with E-state index in [1.165, 1.54) is 0 Å². The van der Waals surface area contributed by atoms with Gasteiger partial charge in [0.2, 0.25) is 0 Å². The molecule has 0 unspecified atom stereocenters. The van der Waals surface area contributed by atoms with Crippen molar-refractivity contribution in [2.75, 3.05) is 33.0 Å². The molecule has 0 saturated heterocycles. The van der Waals surface area contributed by atoms with Crippen LogP contribution in [0.4, 0.5) is 0 Å². The van der Waals surface area contributed by atoms with Gasteiger partial charge in [-0.3, -0.25) is 0 Å². The van der Waals surface area contributed by atoms with Crippen molar-refractivity contribution in [1.82, 2.24) is 0 Å². The number of rotatable bonds is 19. The molecule has 0 aromatic heterocycles. The highest BCUT2D eigenvalue weighted by atomic mass is 28.4. The maximum absolute atomic E-state index is 6.20. The summed E-state index contributed by atoms with van der Waals surface area (Å²) < 4.78 is 36.0. The third kappa shape index (κ3) is 13.3. The van der Waals surface area contributed by atoms with E-state index in [-0.39, 0.29) is 0 Å². The summed E-state index contributed by atoms with van der Waals surface area (Å²) in [6, 6.07) is 0. The highest BCUT2D eigenvalue weighted by molar-refractivity contribution is 6.62. The van der Waals surface area contributed by atoms with Gasteiger partial charge in [-0.05, 0) is 32.1 Å². The zero-order valence-electron chi connectivity index (χ0n) is 17.0. The summed E-state index contributed by atoms with van der Waals surface area (Å²) in [5.74, 6) is 0. The van der Waals surface area contributed by atoms with Crippen LogP contribution in [0.25, 0.3) is 0 Å². The van der Waals surface area contributed by atoms with Gasteiger partial charge in [0.1, 0.15) is 0 Å². The molecule has 0 rings (SSSR count). The molecule has 0 bridgehead atoms. The van der Waals surface area contributed by atoms with E-state index in [1.54, 1.807) is 0 Å². The van der Waals surface area contributed by atoms with Crippen LogP contribution in [0, 0.1) is 0 Å². The summed E-state index contributed by atoms with van der Waals surface area (Å²) in [4.78, 5) is 0. The lowest BCUT2D eigenvalue weighted by molar-refractivity contribution is -0.0212. The van der Waals surface area contributed by atoms with Gasteiger partial charge in [-0.25, -0.2) is 0 Å². The van der Waals surface area contributed by atoms with Gasteiger partial charge in [-0.15, -0.1) is 0 Å². The fourth-order valence-electron chi connectivity index (χ4n) is 1.79. The van der Waals surface area contributed by atoms with Crippen molar-refractivity contribution in [2.45, 2.75) is 79.6 Å². The van der Waals surface area contributed by atoms with Gasteiger partial charge < -0.3 is 24.3 Å². The summed E-state index contributed by atoms with van der Waals surface area (Å²) in [6.45, 7) is 13.4. The monoisotopic (exact) mass is 394 g/mol. The molecule has 0 spiro atoms. The molecular formula is C17H39AlO6Si. The van der Waals surface area contributed by atoms with Gasteiger partial charge >= 0.3 is 24.2 Å². The van der Waals surface area contributed by atoms with Crippen LogP contribution < -0.4 is 0 Å². The highest BCUT2D eigenvalue weighted by Gasteiger charge is 2.52. The highest BCUT2D eigenvalue weighted by Crippen LogP contribution is 2.17. The summed E-state index contributed by atoms with van der Waals surface area (Å²) in [6.07, 6.45) is 6.75. The van der Waals surface area contributed by atoms with Gasteiger partial charge in [-0.1, -0.05) is 47.5 Å². The molecule has 8 heteroatoms. The van der Waals surface area contributed by atoms with Crippen LogP contribution >= 0.6 is 0 Å². The minimum absolute atomic E-state index is 0.546. The van der Waals surface area contributed by atoms with Crippen LogP contribution in [-0.2, 0) is 24.3 Å². The van der Waals surface area contributed by atoms with Crippen LogP contribution in [0.3, 0.4) is 0 Å². The maximum atomic E-state index is 6.20. The van der Waals surface area contributed by atoms with Crippen molar-refractivity contribution in [3.05, 3.63) is 0 Å². The maximum Gasteiger partial charge on any atom is 0.899 e. The van der Waals surface area contributed by atoms with Gasteiger partial charge in [0.05, 0.1) is 0 Å². The summed E-state index contributed by atoms with van der Waals surface area (Å²) in [7, 11) is -3.23. The number of unbranched alkanes of at least 4 members (excludes halogenated alkanes) is 2. The first kappa shape index (κ1) is 25.5. The van der Waals surface area contributed by atoms with E-state index in [0.29, 0.717) is 33.0 Å². The van der Waals surface area contributed by atoms with E-state index in [2.05, 4.69) is 34.6 Å². The Labute approximate surface area is 161 Å². The van der Waals surface area contributed by atoms with Crippen LogP contribution in [0.2, 0.25) is 0 Å². The molecule has 0 amide bonds. The van der Waals surface area contributed by atoms with E-state index >= 15 is 0 Å². The Morgan fingerprint density at radius 1 is 0.560 bits per heavy atom. The zero-order valence-corrected chi connectivity index (χ0v) is 19.2. The molecule has 0 aliphatic carbocycles. The molecule has 0 aromatic carbocycles. The molecule has 6 nitrogen and oxygen atoms in total. The van der Waals surface area contributed by atoms with E-state index in [9.17, 15) is 0 Å². The van der Waals surface area contributed by atoms with Crippen molar-refractivity contribution in [2.24, 2.45) is 0 Å². The van der Waals surface area contributed by atoms with Crippen LogP contribution in [0.15, 0.2) is 0 Å². The molecule has 0 aliphatic heterocycles. The second kappa shape index (κ2) is 17.9. The molecule has 0 heterocycles. The van der Waals surface area contributed by atoms with Crippen LogP contribution in [0.1, 0.15) is 79.6 Å². The third-order valence-corrected chi connectivity index (χ3v) is 7.81. The fraction of sp³-hybridized carbons (Fsp3) is 1.00. The van der Waals surface area contributed by atoms with Crippen LogP contribution in [-0.4, -0.2) is 57.2 Å². The molecular weight excluding hydrogens is 355 g/mol. The predicted molar refractivity (Wildman–Crippen MR) is 103 cm³/mol. The quantitative estimate of drug-likeness (QED) is 0.240. The lowest BCUT2D eigenvalue weighted by Crippen LogP contribution is -2.54. The molecule has 25 heavy (non-hydrogen) atoms. The molecule has 0 N–H and O–H groups in total. The predicted octanol–water partition coefficient (Wildman–Crippen LogP) is 4.34. The largest absolute Gasteiger partial charge is 0.899 e. The normalized spacial score (nSPS) is 11.9. The Morgan fingerprint density at radius 2 is 0.960 bits per heavy atom. The Balaban J connectivity index is 4.98. The Morgan fingerprint density at radius 3 is 1.28 bits per heavy atom. The number of hydrogen-bond donors (Lipinski definition) is 0. The topological polar surface area (TPSA) is 55.4 Å². The summed E-state index contributed by atoms with van der Waals surface area (Å²) in [5.41, 5.74) is 0. The molecule has 0 atom stereocenters. The molecule has 0 aromatic rings. The van der Waals surface area contributed by atoms with E-state index in [1.807, 2.05) is 0 Å². The van der Waals surface area contributed by atoms with Crippen molar-refractivity contribution < 1.29 is 24.3 Å². The minimum Gasteiger partial charge on any atom is -0.455 e.